The summed E-state index contributed by atoms with van der Waals surface area (Å²) in [5, 5.41) is 3.32. The zero-order valence-electron chi connectivity index (χ0n) is 11.4. The molecular formula is C15H27NO. The van der Waals surface area contributed by atoms with Crippen molar-refractivity contribution in [1.82, 2.24) is 5.32 Å². The van der Waals surface area contributed by atoms with Crippen LogP contribution in [0, 0.1) is 17.8 Å². The van der Waals surface area contributed by atoms with Crippen molar-refractivity contribution >= 4 is 5.91 Å². The van der Waals surface area contributed by atoms with E-state index in [9.17, 15) is 4.79 Å². The average molecular weight is 237 g/mol. The molecule has 2 heteroatoms. The van der Waals surface area contributed by atoms with Crippen LogP contribution in [0.15, 0.2) is 0 Å². The zero-order chi connectivity index (χ0) is 12.3. The fourth-order valence-electron chi connectivity index (χ4n) is 3.50. The number of carbonyl (C=O) groups is 1. The van der Waals surface area contributed by atoms with E-state index in [4.69, 9.17) is 0 Å². The summed E-state index contributed by atoms with van der Waals surface area (Å²) < 4.78 is 0. The van der Waals surface area contributed by atoms with Crippen LogP contribution in [0.4, 0.5) is 0 Å². The fraction of sp³-hybridized carbons (Fsp3) is 0.933. The van der Waals surface area contributed by atoms with Crippen LogP contribution < -0.4 is 5.32 Å². The molecule has 0 bridgehead atoms. The molecule has 4 atom stereocenters. The van der Waals surface area contributed by atoms with Crippen molar-refractivity contribution in [3.63, 3.8) is 0 Å². The second kappa shape index (κ2) is 5.88. The summed E-state index contributed by atoms with van der Waals surface area (Å²) in [6.45, 7) is 4.57. The van der Waals surface area contributed by atoms with Gasteiger partial charge in [-0.15, -0.1) is 0 Å². The Bertz CT molecular complexity index is 264. The Morgan fingerprint density at radius 3 is 2.47 bits per heavy atom. The highest BCUT2D eigenvalue weighted by atomic mass is 16.1. The standard InChI is InChI=1S/C15H27NO/c1-11-6-5-8-13(10-11)15(17)16-14-9-4-3-7-12(14)2/h11-14H,3-10H2,1-2H3,(H,16,17). The quantitative estimate of drug-likeness (QED) is 0.782. The molecule has 2 aliphatic carbocycles. The minimum Gasteiger partial charge on any atom is -0.353 e. The van der Waals surface area contributed by atoms with Crippen LogP contribution in [-0.4, -0.2) is 11.9 Å². The number of nitrogens with one attached hydrogen (secondary N) is 1. The molecule has 2 rings (SSSR count). The molecule has 4 unspecified atom stereocenters. The van der Waals surface area contributed by atoms with Crippen LogP contribution in [0.2, 0.25) is 0 Å². The molecule has 2 nitrogen and oxygen atoms in total. The maximum absolute atomic E-state index is 12.2. The maximum atomic E-state index is 12.2. The fourth-order valence-corrected chi connectivity index (χ4v) is 3.50. The zero-order valence-corrected chi connectivity index (χ0v) is 11.4. The van der Waals surface area contributed by atoms with Gasteiger partial charge in [-0.3, -0.25) is 4.79 Å². The van der Waals surface area contributed by atoms with Crippen molar-refractivity contribution in [2.45, 2.75) is 71.3 Å². The minimum absolute atomic E-state index is 0.299. The third-order valence-corrected chi connectivity index (χ3v) is 4.75. The predicted octanol–water partition coefficient (Wildman–Crippen LogP) is 3.51. The number of carbonyl (C=O) groups excluding carboxylic acids is 1. The van der Waals surface area contributed by atoms with Crippen molar-refractivity contribution in [2.75, 3.05) is 0 Å². The van der Waals surface area contributed by atoms with Gasteiger partial charge in [-0.2, -0.15) is 0 Å². The van der Waals surface area contributed by atoms with Crippen molar-refractivity contribution in [1.29, 1.82) is 0 Å². The van der Waals surface area contributed by atoms with E-state index < -0.39 is 0 Å². The highest BCUT2D eigenvalue weighted by molar-refractivity contribution is 5.79. The molecule has 0 aliphatic heterocycles. The number of amides is 1. The Morgan fingerprint density at radius 2 is 1.76 bits per heavy atom. The molecule has 0 saturated heterocycles. The van der Waals surface area contributed by atoms with E-state index >= 15 is 0 Å². The van der Waals surface area contributed by atoms with Crippen molar-refractivity contribution in [2.24, 2.45) is 17.8 Å². The molecule has 17 heavy (non-hydrogen) atoms. The van der Waals surface area contributed by atoms with Gasteiger partial charge in [0.05, 0.1) is 0 Å². The van der Waals surface area contributed by atoms with Crippen LogP contribution in [0.1, 0.15) is 65.2 Å². The molecule has 98 valence electrons. The molecule has 0 spiro atoms. The lowest BCUT2D eigenvalue weighted by Gasteiger charge is -2.32. The summed E-state index contributed by atoms with van der Waals surface area (Å²) in [4.78, 5) is 12.2. The van der Waals surface area contributed by atoms with Gasteiger partial charge in [0.1, 0.15) is 0 Å². The van der Waals surface area contributed by atoms with E-state index in [1.807, 2.05) is 0 Å². The van der Waals surface area contributed by atoms with Crippen LogP contribution >= 0.6 is 0 Å². The van der Waals surface area contributed by atoms with Gasteiger partial charge in [-0.05, 0) is 37.5 Å². The lowest BCUT2D eigenvalue weighted by atomic mass is 9.81. The molecule has 0 radical (unpaired) electrons. The SMILES string of the molecule is CC1CCCC(C(=O)NC2CCCCC2C)C1. The van der Waals surface area contributed by atoms with Gasteiger partial charge in [0.15, 0.2) is 0 Å². The molecule has 2 aliphatic rings. The Balaban J connectivity index is 1.83. The number of hydrogen-bond acceptors (Lipinski definition) is 1. The molecule has 2 fully saturated rings. The van der Waals surface area contributed by atoms with Gasteiger partial charge in [-0.1, -0.05) is 39.5 Å². The number of hydrogen-bond donors (Lipinski definition) is 1. The Labute approximate surface area is 106 Å². The summed E-state index contributed by atoms with van der Waals surface area (Å²) in [7, 11) is 0. The molecule has 2 saturated carbocycles. The first-order valence-electron chi connectivity index (χ1n) is 7.47. The third-order valence-electron chi connectivity index (χ3n) is 4.75. The lowest BCUT2D eigenvalue weighted by molar-refractivity contribution is -0.127. The maximum Gasteiger partial charge on any atom is 0.223 e. The van der Waals surface area contributed by atoms with Crippen molar-refractivity contribution in [3.05, 3.63) is 0 Å². The lowest BCUT2D eigenvalue weighted by Crippen LogP contribution is -2.44. The van der Waals surface area contributed by atoms with E-state index in [2.05, 4.69) is 19.2 Å². The first kappa shape index (κ1) is 12.9. The first-order chi connectivity index (χ1) is 8.16. The molecular weight excluding hydrogens is 210 g/mol. The third kappa shape index (κ3) is 3.46. The van der Waals surface area contributed by atoms with Crippen molar-refractivity contribution in [3.8, 4) is 0 Å². The summed E-state index contributed by atoms with van der Waals surface area (Å²) in [5.41, 5.74) is 0. The van der Waals surface area contributed by atoms with Gasteiger partial charge in [0.25, 0.3) is 0 Å². The van der Waals surface area contributed by atoms with Gasteiger partial charge in [0, 0.05) is 12.0 Å². The minimum atomic E-state index is 0.299. The smallest absolute Gasteiger partial charge is 0.223 e. The average Bonchev–Trinajstić information content (AvgIpc) is 2.32. The Kier molecular flexibility index (Phi) is 4.47. The van der Waals surface area contributed by atoms with E-state index in [0.29, 0.717) is 23.8 Å². The summed E-state index contributed by atoms with van der Waals surface area (Å²) in [6, 6.07) is 0.452. The van der Waals surface area contributed by atoms with E-state index in [0.717, 1.165) is 18.8 Å². The number of rotatable bonds is 2. The monoisotopic (exact) mass is 237 g/mol. The van der Waals surface area contributed by atoms with E-state index in [1.165, 1.54) is 38.5 Å². The summed E-state index contributed by atoms with van der Waals surface area (Å²) in [6.07, 6.45) is 9.86. The topological polar surface area (TPSA) is 29.1 Å². The molecule has 1 N–H and O–H groups in total. The van der Waals surface area contributed by atoms with Crippen LogP contribution in [0.5, 0.6) is 0 Å². The first-order valence-corrected chi connectivity index (χ1v) is 7.47. The second-order valence-corrected chi connectivity index (χ2v) is 6.35. The van der Waals surface area contributed by atoms with Crippen LogP contribution in [-0.2, 0) is 4.79 Å². The highest BCUT2D eigenvalue weighted by Crippen LogP contribution is 2.30. The molecule has 1 amide bonds. The van der Waals surface area contributed by atoms with Gasteiger partial charge in [0.2, 0.25) is 5.91 Å². The summed E-state index contributed by atoms with van der Waals surface area (Å²) >= 11 is 0. The van der Waals surface area contributed by atoms with Crippen LogP contribution in [0.25, 0.3) is 0 Å². The summed E-state index contributed by atoms with van der Waals surface area (Å²) in [5.74, 6) is 2.06. The Hall–Kier alpha value is -0.530. The molecule has 0 heterocycles. The van der Waals surface area contributed by atoms with E-state index in [1.54, 1.807) is 0 Å². The van der Waals surface area contributed by atoms with Gasteiger partial charge < -0.3 is 5.32 Å². The molecule has 0 aromatic carbocycles. The highest BCUT2D eigenvalue weighted by Gasteiger charge is 2.28. The second-order valence-electron chi connectivity index (χ2n) is 6.35. The normalized spacial score (nSPS) is 38.7. The van der Waals surface area contributed by atoms with E-state index in [-0.39, 0.29) is 0 Å². The predicted molar refractivity (Wildman–Crippen MR) is 70.7 cm³/mol. The van der Waals surface area contributed by atoms with Gasteiger partial charge >= 0.3 is 0 Å². The van der Waals surface area contributed by atoms with Gasteiger partial charge in [-0.25, -0.2) is 0 Å². The van der Waals surface area contributed by atoms with Crippen LogP contribution in [0.3, 0.4) is 0 Å². The largest absolute Gasteiger partial charge is 0.353 e. The Morgan fingerprint density at radius 1 is 1.00 bits per heavy atom. The molecule has 0 aromatic heterocycles. The molecule has 0 aromatic rings. The van der Waals surface area contributed by atoms with Crippen molar-refractivity contribution < 1.29 is 4.79 Å².